The highest BCUT2D eigenvalue weighted by Gasteiger charge is 2.47. The molecule has 0 aromatic heterocycles. The second kappa shape index (κ2) is 5.92. The summed E-state index contributed by atoms with van der Waals surface area (Å²) >= 11 is 5.96. The summed E-state index contributed by atoms with van der Waals surface area (Å²) in [7, 11) is 0. The Labute approximate surface area is 136 Å². The van der Waals surface area contributed by atoms with Crippen molar-refractivity contribution in [2.45, 2.75) is 31.6 Å². The first-order valence-electron chi connectivity index (χ1n) is 7.84. The lowest BCUT2D eigenvalue weighted by Gasteiger charge is -2.46. The highest BCUT2D eigenvalue weighted by Crippen LogP contribution is 2.45. The summed E-state index contributed by atoms with van der Waals surface area (Å²) in [5, 5.41) is 0.695. The fourth-order valence-electron chi connectivity index (χ4n) is 3.45. The third-order valence-corrected chi connectivity index (χ3v) is 5.28. The van der Waals surface area contributed by atoms with E-state index in [1.54, 1.807) is 11.8 Å². The van der Waals surface area contributed by atoms with E-state index in [0.29, 0.717) is 31.2 Å². The van der Waals surface area contributed by atoms with Crippen LogP contribution in [0.1, 0.15) is 31.7 Å². The zero-order valence-electron chi connectivity index (χ0n) is 12.8. The molecular formula is C17H21ClN2O2. The van der Waals surface area contributed by atoms with Crippen LogP contribution in [0.4, 0.5) is 0 Å². The molecule has 0 radical (unpaired) electrons. The molecule has 0 spiro atoms. The number of amides is 2. The summed E-state index contributed by atoms with van der Waals surface area (Å²) in [5.41, 5.74) is 0.699. The van der Waals surface area contributed by atoms with Gasteiger partial charge >= 0.3 is 0 Å². The predicted octanol–water partition coefficient (Wildman–Crippen LogP) is 2.45. The van der Waals surface area contributed by atoms with E-state index in [1.165, 1.54) is 0 Å². The molecule has 4 nitrogen and oxygen atoms in total. The average molecular weight is 321 g/mol. The molecule has 1 saturated carbocycles. The van der Waals surface area contributed by atoms with Gasteiger partial charge in [-0.15, -0.1) is 0 Å². The Morgan fingerprint density at radius 1 is 1.00 bits per heavy atom. The van der Waals surface area contributed by atoms with Crippen LogP contribution in [0.5, 0.6) is 0 Å². The third kappa shape index (κ3) is 2.60. The molecule has 2 aliphatic rings. The summed E-state index contributed by atoms with van der Waals surface area (Å²) in [6.45, 7) is 4.12. The van der Waals surface area contributed by atoms with Crippen molar-refractivity contribution in [1.82, 2.24) is 9.80 Å². The van der Waals surface area contributed by atoms with Crippen molar-refractivity contribution in [2.24, 2.45) is 0 Å². The molecule has 3 rings (SSSR count). The minimum absolute atomic E-state index is 0.0863. The van der Waals surface area contributed by atoms with Crippen molar-refractivity contribution in [3.05, 3.63) is 34.9 Å². The smallest absolute Gasteiger partial charge is 0.233 e. The molecule has 22 heavy (non-hydrogen) atoms. The molecule has 0 unspecified atom stereocenters. The minimum Gasteiger partial charge on any atom is -0.339 e. The maximum Gasteiger partial charge on any atom is 0.233 e. The SMILES string of the molecule is CC(=O)N1CCN(C(=O)C2(c3ccc(Cl)cc3)CCC2)CC1. The maximum atomic E-state index is 13.1. The van der Waals surface area contributed by atoms with Gasteiger partial charge in [0.15, 0.2) is 0 Å². The van der Waals surface area contributed by atoms with Crippen LogP contribution in [-0.2, 0) is 15.0 Å². The molecule has 1 saturated heterocycles. The Morgan fingerprint density at radius 2 is 1.55 bits per heavy atom. The molecular weight excluding hydrogens is 300 g/mol. The summed E-state index contributed by atoms with van der Waals surface area (Å²) < 4.78 is 0. The lowest BCUT2D eigenvalue weighted by Crippen LogP contribution is -2.57. The number of carbonyl (C=O) groups excluding carboxylic acids is 2. The van der Waals surface area contributed by atoms with Gasteiger partial charge in [0.2, 0.25) is 11.8 Å². The van der Waals surface area contributed by atoms with Gasteiger partial charge in [-0.1, -0.05) is 30.2 Å². The number of hydrogen-bond donors (Lipinski definition) is 0. The highest BCUT2D eigenvalue weighted by atomic mass is 35.5. The average Bonchev–Trinajstić information content (AvgIpc) is 2.48. The van der Waals surface area contributed by atoms with Gasteiger partial charge in [-0.3, -0.25) is 9.59 Å². The molecule has 0 atom stereocenters. The first-order chi connectivity index (χ1) is 10.5. The van der Waals surface area contributed by atoms with Gasteiger partial charge in [0.25, 0.3) is 0 Å². The van der Waals surface area contributed by atoms with Crippen molar-refractivity contribution in [2.75, 3.05) is 26.2 Å². The number of halogens is 1. The van der Waals surface area contributed by atoms with Crippen molar-refractivity contribution >= 4 is 23.4 Å². The molecule has 1 aliphatic carbocycles. The predicted molar refractivity (Wildman–Crippen MR) is 85.8 cm³/mol. The van der Waals surface area contributed by atoms with E-state index in [0.717, 1.165) is 24.8 Å². The van der Waals surface area contributed by atoms with Gasteiger partial charge in [0.1, 0.15) is 0 Å². The lowest BCUT2D eigenvalue weighted by atomic mass is 9.63. The number of rotatable bonds is 2. The van der Waals surface area contributed by atoms with E-state index in [4.69, 9.17) is 11.6 Å². The Balaban J connectivity index is 1.75. The van der Waals surface area contributed by atoms with Crippen LogP contribution in [0.2, 0.25) is 5.02 Å². The normalized spacial score (nSPS) is 20.5. The Kier molecular flexibility index (Phi) is 4.13. The summed E-state index contributed by atoms with van der Waals surface area (Å²) in [6.07, 6.45) is 2.89. The Bertz CT molecular complexity index is 573. The van der Waals surface area contributed by atoms with E-state index in [9.17, 15) is 9.59 Å². The van der Waals surface area contributed by atoms with Gasteiger partial charge < -0.3 is 9.80 Å². The second-order valence-corrected chi connectivity index (χ2v) is 6.68. The molecule has 0 bridgehead atoms. The van der Waals surface area contributed by atoms with E-state index in [1.807, 2.05) is 29.2 Å². The van der Waals surface area contributed by atoms with Crippen molar-refractivity contribution < 1.29 is 9.59 Å². The van der Waals surface area contributed by atoms with Crippen molar-refractivity contribution in [3.63, 3.8) is 0 Å². The van der Waals surface area contributed by atoms with Crippen LogP contribution in [0, 0.1) is 0 Å². The molecule has 1 aromatic rings. The monoisotopic (exact) mass is 320 g/mol. The quantitative estimate of drug-likeness (QED) is 0.840. The summed E-state index contributed by atoms with van der Waals surface area (Å²) in [6, 6.07) is 7.67. The number of carbonyl (C=O) groups is 2. The first kappa shape index (κ1) is 15.3. The van der Waals surface area contributed by atoms with E-state index < -0.39 is 0 Å². The zero-order valence-corrected chi connectivity index (χ0v) is 13.6. The van der Waals surface area contributed by atoms with Crippen LogP contribution in [0.3, 0.4) is 0 Å². The van der Waals surface area contributed by atoms with Gasteiger partial charge in [0.05, 0.1) is 5.41 Å². The first-order valence-corrected chi connectivity index (χ1v) is 8.22. The third-order valence-electron chi connectivity index (χ3n) is 5.03. The Hall–Kier alpha value is -1.55. The number of benzene rings is 1. The molecule has 118 valence electrons. The maximum absolute atomic E-state index is 13.1. The van der Waals surface area contributed by atoms with Gasteiger partial charge in [-0.05, 0) is 30.5 Å². The van der Waals surface area contributed by atoms with E-state index >= 15 is 0 Å². The molecule has 1 aromatic carbocycles. The van der Waals surface area contributed by atoms with Crippen LogP contribution in [0.25, 0.3) is 0 Å². The fraction of sp³-hybridized carbons (Fsp3) is 0.529. The van der Waals surface area contributed by atoms with Crippen LogP contribution >= 0.6 is 11.6 Å². The molecule has 1 aliphatic heterocycles. The topological polar surface area (TPSA) is 40.6 Å². The fourth-order valence-corrected chi connectivity index (χ4v) is 3.58. The number of hydrogen-bond acceptors (Lipinski definition) is 2. The number of piperazine rings is 1. The molecule has 2 amide bonds. The standard InChI is InChI=1S/C17H21ClN2O2/c1-13(21)19-9-11-20(12-10-19)16(22)17(7-2-8-17)14-3-5-15(18)6-4-14/h3-6H,2,7-12H2,1H3. The van der Waals surface area contributed by atoms with Crippen LogP contribution < -0.4 is 0 Å². The second-order valence-electron chi connectivity index (χ2n) is 6.24. The zero-order chi connectivity index (χ0) is 15.7. The summed E-state index contributed by atoms with van der Waals surface area (Å²) in [4.78, 5) is 28.2. The molecule has 2 fully saturated rings. The number of nitrogens with zero attached hydrogens (tertiary/aromatic N) is 2. The van der Waals surface area contributed by atoms with Crippen molar-refractivity contribution in [3.8, 4) is 0 Å². The molecule has 0 N–H and O–H groups in total. The van der Waals surface area contributed by atoms with E-state index in [2.05, 4.69) is 0 Å². The van der Waals surface area contributed by atoms with Gasteiger partial charge in [-0.25, -0.2) is 0 Å². The lowest BCUT2D eigenvalue weighted by molar-refractivity contribution is -0.145. The van der Waals surface area contributed by atoms with Gasteiger partial charge in [0, 0.05) is 38.1 Å². The molecule has 5 heteroatoms. The molecule has 1 heterocycles. The summed E-state index contributed by atoms with van der Waals surface area (Å²) in [5.74, 6) is 0.299. The largest absolute Gasteiger partial charge is 0.339 e. The van der Waals surface area contributed by atoms with Crippen molar-refractivity contribution in [1.29, 1.82) is 0 Å². The minimum atomic E-state index is -0.372. The van der Waals surface area contributed by atoms with E-state index in [-0.39, 0.29) is 17.2 Å². The van der Waals surface area contributed by atoms with Crippen LogP contribution in [-0.4, -0.2) is 47.8 Å². The van der Waals surface area contributed by atoms with Gasteiger partial charge in [-0.2, -0.15) is 0 Å². The highest BCUT2D eigenvalue weighted by molar-refractivity contribution is 6.30. The van der Waals surface area contributed by atoms with Crippen LogP contribution in [0.15, 0.2) is 24.3 Å². The Morgan fingerprint density at radius 3 is 2.00 bits per heavy atom.